The number of aromatic nitrogens is 2. The third-order valence-electron chi connectivity index (χ3n) is 6.73. The second-order valence-electron chi connectivity index (χ2n) is 9.00. The van der Waals surface area contributed by atoms with Crippen LogP contribution in [0, 0.1) is 5.82 Å². The van der Waals surface area contributed by atoms with Crippen LogP contribution in [-0.2, 0) is 22.6 Å². The van der Waals surface area contributed by atoms with Crippen LogP contribution in [-0.4, -0.2) is 46.4 Å². The summed E-state index contributed by atoms with van der Waals surface area (Å²) in [6, 6.07) is 13.0. The molecule has 1 aliphatic rings. The van der Waals surface area contributed by atoms with Crippen molar-refractivity contribution in [3.63, 3.8) is 0 Å². The number of carbonyl (C=O) groups is 2. The smallest absolute Gasteiger partial charge is 0.278 e. The van der Waals surface area contributed by atoms with E-state index in [1.54, 1.807) is 25.9 Å². The van der Waals surface area contributed by atoms with Gasteiger partial charge in [0.15, 0.2) is 0 Å². The maximum atomic E-state index is 13.5. The van der Waals surface area contributed by atoms with Crippen LogP contribution in [0.4, 0.5) is 10.1 Å². The quantitative estimate of drug-likeness (QED) is 0.530. The second kappa shape index (κ2) is 10.8. The Labute approximate surface area is 209 Å². The van der Waals surface area contributed by atoms with Crippen molar-refractivity contribution in [1.82, 2.24) is 19.8 Å². The lowest BCUT2D eigenvalue weighted by molar-refractivity contribution is -0.133. The minimum absolute atomic E-state index is 0.0357. The number of fused-ring (bicyclic) bond motifs is 1. The van der Waals surface area contributed by atoms with Gasteiger partial charge in [-0.2, -0.15) is 0 Å². The SMILES string of the molecule is CNC(C)C(=O)Nc1cnc(-c2ccc(F)cc2)n(CC(=O)N(C)[C@@H]2CCCc3ccccc32)c1=O. The molecule has 0 saturated carbocycles. The summed E-state index contributed by atoms with van der Waals surface area (Å²) in [7, 11) is 3.38. The number of hydrogen-bond acceptors (Lipinski definition) is 5. The first-order valence-electron chi connectivity index (χ1n) is 12.0. The lowest BCUT2D eigenvalue weighted by Gasteiger charge is -2.33. The fourth-order valence-corrected chi connectivity index (χ4v) is 4.48. The number of rotatable bonds is 7. The number of nitrogens with one attached hydrogen (secondary N) is 2. The lowest BCUT2D eigenvalue weighted by atomic mass is 9.87. The third-order valence-corrected chi connectivity index (χ3v) is 6.73. The summed E-state index contributed by atoms with van der Waals surface area (Å²) < 4.78 is 14.8. The Kier molecular flexibility index (Phi) is 7.59. The van der Waals surface area contributed by atoms with Crippen molar-refractivity contribution in [2.75, 3.05) is 19.4 Å². The summed E-state index contributed by atoms with van der Waals surface area (Å²) in [6.45, 7) is 1.38. The van der Waals surface area contributed by atoms with Crippen LogP contribution in [0.25, 0.3) is 11.4 Å². The number of likely N-dealkylation sites (N-methyl/N-ethyl adjacent to an activating group) is 2. The van der Waals surface area contributed by atoms with Gasteiger partial charge in [-0.1, -0.05) is 24.3 Å². The Bertz CT molecular complexity index is 1320. The van der Waals surface area contributed by atoms with Crippen LogP contribution in [0.1, 0.15) is 36.9 Å². The molecule has 36 heavy (non-hydrogen) atoms. The van der Waals surface area contributed by atoms with Gasteiger partial charge in [0.25, 0.3) is 5.56 Å². The average Bonchev–Trinajstić information content (AvgIpc) is 2.90. The van der Waals surface area contributed by atoms with Gasteiger partial charge >= 0.3 is 0 Å². The predicted molar refractivity (Wildman–Crippen MR) is 136 cm³/mol. The van der Waals surface area contributed by atoms with Gasteiger partial charge in [-0.3, -0.25) is 19.0 Å². The molecule has 0 fully saturated rings. The summed E-state index contributed by atoms with van der Waals surface area (Å²) in [5, 5.41) is 5.40. The van der Waals surface area contributed by atoms with Gasteiger partial charge in [-0.15, -0.1) is 0 Å². The highest BCUT2D eigenvalue weighted by atomic mass is 19.1. The molecule has 188 valence electrons. The zero-order valence-corrected chi connectivity index (χ0v) is 20.6. The molecule has 2 atom stereocenters. The topological polar surface area (TPSA) is 96.3 Å². The zero-order chi connectivity index (χ0) is 25.8. The monoisotopic (exact) mass is 491 g/mol. The first-order chi connectivity index (χ1) is 17.3. The van der Waals surface area contributed by atoms with Gasteiger partial charge in [-0.05, 0) is 68.6 Å². The summed E-state index contributed by atoms with van der Waals surface area (Å²) in [5.74, 6) is -0.884. The number of nitrogens with zero attached hydrogens (tertiary/aromatic N) is 3. The molecule has 0 spiro atoms. The molecule has 1 aliphatic carbocycles. The standard InChI is InChI=1S/C27H30FN5O3/c1-17(29-2)26(35)31-22-15-30-25(19-11-13-20(28)14-12-19)33(27(22)36)16-24(34)32(3)23-10-6-8-18-7-4-5-9-21(18)23/h4-5,7,9,11-15,17,23,29H,6,8,10,16H2,1-3H3,(H,31,35)/t17?,23-/m1/s1. The van der Waals surface area contributed by atoms with Gasteiger partial charge in [0.2, 0.25) is 11.8 Å². The van der Waals surface area contributed by atoms with Gasteiger partial charge < -0.3 is 15.5 Å². The third kappa shape index (κ3) is 5.21. The Morgan fingerprint density at radius 3 is 2.64 bits per heavy atom. The van der Waals surface area contributed by atoms with E-state index in [2.05, 4.69) is 21.7 Å². The van der Waals surface area contributed by atoms with Crippen LogP contribution in [0.3, 0.4) is 0 Å². The molecule has 2 amide bonds. The van der Waals surface area contributed by atoms with E-state index in [9.17, 15) is 18.8 Å². The predicted octanol–water partition coefficient (Wildman–Crippen LogP) is 3.13. The minimum Gasteiger partial charge on any atom is -0.337 e. The van der Waals surface area contributed by atoms with Gasteiger partial charge in [0, 0.05) is 12.6 Å². The molecule has 4 rings (SSSR count). The molecular weight excluding hydrogens is 461 g/mol. The maximum Gasteiger partial charge on any atom is 0.278 e. The molecule has 0 radical (unpaired) electrons. The number of carbonyl (C=O) groups excluding carboxylic acids is 2. The van der Waals surface area contributed by atoms with E-state index in [1.807, 2.05) is 18.2 Å². The lowest BCUT2D eigenvalue weighted by Crippen LogP contribution is -2.40. The Morgan fingerprint density at radius 2 is 1.92 bits per heavy atom. The number of amides is 2. The van der Waals surface area contributed by atoms with Gasteiger partial charge in [0.05, 0.1) is 18.3 Å². The van der Waals surface area contributed by atoms with Crippen LogP contribution in [0.15, 0.2) is 59.5 Å². The van der Waals surface area contributed by atoms with Crippen molar-refractivity contribution in [1.29, 1.82) is 0 Å². The van der Waals surface area contributed by atoms with Crippen molar-refractivity contribution in [3.8, 4) is 11.4 Å². The zero-order valence-electron chi connectivity index (χ0n) is 20.6. The summed E-state index contributed by atoms with van der Waals surface area (Å²) in [6.07, 6.45) is 4.03. The molecule has 2 N–H and O–H groups in total. The molecule has 8 nitrogen and oxygen atoms in total. The van der Waals surface area contributed by atoms with Gasteiger partial charge in [-0.25, -0.2) is 9.37 Å². The molecule has 9 heteroatoms. The van der Waals surface area contributed by atoms with E-state index in [1.165, 1.54) is 40.6 Å². The Morgan fingerprint density at radius 1 is 1.19 bits per heavy atom. The normalized spacial score (nSPS) is 15.6. The van der Waals surface area contributed by atoms with Gasteiger partial charge in [0.1, 0.15) is 23.9 Å². The van der Waals surface area contributed by atoms with E-state index >= 15 is 0 Å². The molecule has 0 aliphatic heterocycles. The van der Waals surface area contributed by atoms with E-state index in [-0.39, 0.29) is 30.0 Å². The first kappa shape index (κ1) is 25.2. The highest BCUT2D eigenvalue weighted by molar-refractivity contribution is 5.94. The molecule has 0 saturated heterocycles. The van der Waals surface area contributed by atoms with Crippen molar-refractivity contribution >= 4 is 17.5 Å². The average molecular weight is 492 g/mol. The summed E-state index contributed by atoms with van der Waals surface area (Å²) >= 11 is 0. The molecule has 1 heterocycles. The van der Waals surface area contributed by atoms with Crippen LogP contribution in [0.5, 0.6) is 0 Å². The van der Waals surface area contributed by atoms with E-state index in [0.717, 1.165) is 24.8 Å². The Hall–Kier alpha value is -3.85. The van der Waals surface area contributed by atoms with Crippen LogP contribution in [0.2, 0.25) is 0 Å². The van der Waals surface area contributed by atoms with Crippen LogP contribution >= 0.6 is 0 Å². The van der Waals surface area contributed by atoms with Crippen molar-refractivity contribution in [3.05, 3.63) is 82.0 Å². The Balaban J connectivity index is 1.69. The summed E-state index contributed by atoms with van der Waals surface area (Å²) in [5.41, 5.74) is 2.22. The molecule has 3 aromatic rings. The van der Waals surface area contributed by atoms with E-state index in [4.69, 9.17) is 0 Å². The number of halogens is 1. The number of aryl methyl sites for hydroxylation is 1. The molecule has 0 bridgehead atoms. The molecule has 1 unspecified atom stereocenters. The summed E-state index contributed by atoms with van der Waals surface area (Å²) in [4.78, 5) is 45.4. The molecule has 2 aromatic carbocycles. The van der Waals surface area contributed by atoms with Crippen LogP contribution < -0.4 is 16.2 Å². The molecule has 1 aromatic heterocycles. The first-order valence-corrected chi connectivity index (χ1v) is 12.0. The highest BCUT2D eigenvalue weighted by Crippen LogP contribution is 2.33. The van der Waals surface area contributed by atoms with E-state index in [0.29, 0.717) is 5.56 Å². The number of hydrogen-bond donors (Lipinski definition) is 2. The highest BCUT2D eigenvalue weighted by Gasteiger charge is 2.28. The molecular formula is C27H30FN5O3. The van der Waals surface area contributed by atoms with E-state index < -0.39 is 23.3 Å². The number of anilines is 1. The fraction of sp³-hybridized carbons (Fsp3) is 0.333. The van der Waals surface area contributed by atoms with Crippen molar-refractivity contribution < 1.29 is 14.0 Å². The number of benzene rings is 2. The van der Waals surface area contributed by atoms with Crippen molar-refractivity contribution in [2.45, 2.75) is 44.8 Å². The minimum atomic E-state index is -0.563. The van der Waals surface area contributed by atoms with Crippen molar-refractivity contribution in [2.24, 2.45) is 0 Å². The fourth-order valence-electron chi connectivity index (χ4n) is 4.48. The largest absolute Gasteiger partial charge is 0.337 e. The second-order valence-corrected chi connectivity index (χ2v) is 9.00. The maximum absolute atomic E-state index is 13.5.